The normalized spacial score (nSPS) is 11.6. The first-order valence-corrected chi connectivity index (χ1v) is 11.2. The molecule has 7 nitrogen and oxygen atoms in total. The van der Waals surface area contributed by atoms with Crippen molar-refractivity contribution in [3.63, 3.8) is 0 Å². The Morgan fingerprint density at radius 1 is 0.909 bits per heavy atom. The third kappa shape index (κ3) is 5.07. The first-order chi connectivity index (χ1) is 15.9. The Hall–Kier alpha value is -4.04. The second-order valence-electron chi connectivity index (χ2n) is 7.55. The summed E-state index contributed by atoms with van der Waals surface area (Å²) < 4.78 is 0. The summed E-state index contributed by atoms with van der Waals surface area (Å²) in [5.74, 6) is -1.36. The second kappa shape index (κ2) is 9.62. The smallest absolute Gasteiger partial charge is 0.270 e. The number of fused-ring (bicyclic) bond motifs is 1. The van der Waals surface area contributed by atoms with E-state index >= 15 is 0 Å². The molecule has 0 aliphatic heterocycles. The minimum Gasteiger partial charge on any atom is -0.340 e. The molecule has 33 heavy (non-hydrogen) atoms. The van der Waals surface area contributed by atoms with E-state index < -0.39 is 17.9 Å². The van der Waals surface area contributed by atoms with E-state index in [1.807, 2.05) is 55.5 Å². The van der Waals surface area contributed by atoms with Crippen molar-refractivity contribution in [2.24, 2.45) is 0 Å². The number of benzene rings is 2. The zero-order chi connectivity index (χ0) is 23.4. The number of amides is 3. The summed E-state index contributed by atoms with van der Waals surface area (Å²) in [5, 5.41) is 5.06. The summed E-state index contributed by atoms with van der Waals surface area (Å²) in [6.07, 6.45) is 0. The van der Waals surface area contributed by atoms with Gasteiger partial charge in [0.2, 0.25) is 0 Å². The second-order valence-corrected chi connectivity index (χ2v) is 8.50. The van der Waals surface area contributed by atoms with E-state index in [9.17, 15) is 14.4 Å². The molecule has 4 rings (SSSR count). The molecule has 2 aromatic carbocycles. The minimum atomic E-state index is -0.836. The number of aryl methyl sites for hydroxylation is 1. The monoisotopic (exact) mass is 458 g/mol. The Kier molecular flexibility index (Phi) is 6.46. The number of pyridine rings is 1. The molecule has 8 heteroatoms. The molecule has 3 N–H and O–H groups in total. The molecule has 0 bridgehead atoms. The maximum atomic E-state index is 13.0. The fourth-order valence-electron chi connectivity index (χ4n) is 3.27. The van der Waals surface area contributed by atoms with E-state index in [-0.39, 0.29) is 5.91 Å². The van der Waals surface area contributed by atoms with Gasteiger partial charge >= 0.3 is 0 Å². The van der Waals surface area contributed by atoms with Crippen LogP contribution >= 0.6 is 11.3 Å². The van der Waals surface area contributed by atoms with Crippen molar-refractivity contribution in [3.05, 3.63) is 88.1 Å². The number of hydrogen-bond donors (Lipinski definition) is 3. The number of aromatic nitrogens is 1. The van der Waals surface area contributed by atoms with E-state index in [2.05, 4.69) is 21.2 Å². The molecule has 2 heterocycles. The van der Waals surface area contributed by atoms with Crippen molar-refractivity contribution in [2.75, 3.05) is 0 Å². The van der Waals surface area contributed by atoms with Gasteiger partial charge in [0, 0.05) is 10.9 Å². The SMILES string of the molecule is Cc1ccc(-c2cc(C(=O)NNC(=O)C(C)NC(=O)c3cccs3)c3ccccc3n2)cc1. The third-order valence-electron chi connectivity index (χ3n) is 5.09. The Morgan fingerprint density at radius 2 is 1.67 bits per heavy atom. The van der Waals surface area contributed by atoms with Crippen LogP contribution in [0.4, 0.5) is 0 Å². The average molecular weight is 459 g/mol. The lowest BCUT2D eigenvalue weighted by atomic mass is 10.0. The molecule has 4 aromatic rings. The predicted octanol–water partition coefficient (Wildman–Crippen LogP) is 3.85. The highest BCUT2D eigenvalue weighted by Gasteiger charge is 2.19. The van der Waals surface area contributed by atoms with Crippen LogP contribution in [0.25, 0.3) is 22.2 Å². The van der Waals surface area contributed by atoms with Crippen LogP contribution in [0.15, 0.2) is 72.1 Å². The number of thiophene rings is 1. The quantitative estimate of drug-likeness (QED) is 0.396. The molecule has 0 saturated heterocycles. The number of rotatable bonds is 5. The van der Waals surface area contributed by atoms with Crippen LogP contribution < -0.4 is 16.2 Å². The van der Waals surface area contributed by atoms with Crippen LogP contribution in [0, 0.1) is 6.92 Å². The van der Waals surface area contributed by atoms with Crippen molar-refractivity contribution in [2.45, 2.75) is 19.9 Å². The van der Waals surface area contributed by atoms with Gasteiger partial charge in [-0.05, 0) is 37.4 Å². The highest BCUT2D eigenvalue weighted by atomic mass is 32.1. The molecule has 1 atom stereocenters. The molecule has 3 amide bonds. The first-order valence-electron chi connectivity index (χ1n) is 10.3. The Bertz CT molecular complexity index is 1320. The maximum Gasteiger partial charge on any atom is 0.270 e. The van der Waals surface area contributed by atoms with Gasteiger partial charge in [-0.2, -0.15) is 0 Å². The summed E-state index contributed by atoms with van der Waals surface area (Å²) in [6.45, 7) is 3.55. The number of hydrogen-bond acceptors (Lipinski definition) is 5. The van der Waals surface area contributed by atoms with Crippen LogP contribution in [-0.2, 0) is 4.79 Å². The van der Waals surface area contributed by atoms with Gasteiger partial charge in [-0.3, -0.25) is 25.2 Å². The van der Waals surface area contributed by atoms with Gasteiger partial charge < -0.3 is 5.32 Å². The van der Waals surface area contributed by atoms with Crippen molar-refractivity contribution in [1.82, 2.24) is 21.2 Å². The molecular weight excluding hydrogens is 436 g/mol. The van der Waals surface area contributed by atoms with Crippen LogP contribution in [0.2, 0.25) is 0 Å². The lowest BCUT2D eigenvalue weighted by Crippen LogP contribution is -2.51. The van der Waals surface area contributed by atoms with E-state index in [0.717, 1.165) is 11.1 Å². The number of carbonyl (C=O) groups is 3. The molecule has 1 unspecified atom stereocenters. The van der Waals surface area contributed by atoms with Gasteiger partial charge in [0.1, 0.15) is 6.04 Å². The Morgan fingerprint density at radius 3 is 2.39 bits per heavy atom. The van der Waals surface area contributed by atoms with Gasteiger partial charge in [0.05, 0.1) is 21.7 Å². The summed E-state index contributed by atoms with van der Waals surface area (Å²) in [6, 6.07) is 19.5. The summed E-state index contributed by atoms with van der Waals surface area (Å²) in [4.78, 5) is 42.7. The highest BCUT2D eigenvalue weighted by Crippen LogP contribution is 2.25. The molecule has 0 aliphatic rings. The minimum absolute atomic E-state index is 0.346. The standard InChI is InChI=1S/C25H22N4O3S/c1-15-9-11-17(12-10-15)21-14-19(18-6-3-4-7-20(18)27-21)24(31)29-28-23(30)16(2)26-25(32)22-8-5-13-33-22/h3-14,16H,1-2H3,(H,26,32)(H,28,30)(H,29,31). The summed E-state index contributed by atoms with van der Waals surface area (Å²) in [7, 11) is 0. The number of carbonyl (C=O) groups excluding carboxylic acids is 3. The molecule has 0 spiro atoms. The van der Waals surface area contributed by atoms with Crippen LogP contribution in [0.1, 0.15) is 32.5 Å². The topological polar surface area (TPSA) is 100 Å². The van der Waals surface area contributed by atoms with E-state index in [1.165, 1.54) is 11.3 Å². The Balaban J connectivity index is 1.51. The molecule has 2 aromatic heterocycles. The fourth-order valence-corrected chi connectivity index (χ4v) is 3.90. The zero-order valence-corrected chi connectivity index (χ0v) is 18.9. The van der Waals surface area contributed by atoms with Gasteiger partial charge in [-0.25, -0.2) is 4.98 Å². The number of para-hydroxylation sites is 1. The van der Waals surface area contributed by atoms with E-state index in [1.54, 1.807) is 30.5 Å². The average Bonchev–Trinajstić information content (AvgIpc) is 3.37. The van der Waals surface area contributed by atoms with Crippen molar-refractivity contribution in [1.29, 1.82) is 0 Å². The lowest BCUT2D eigenvalue weighted by Gasteiger charge is -2.15. The highest BCUT2D eigenvalue weighted by molar-refractivity contribution is 7.12. The fraction of sp³-hybridized carbons (Fsp3) is 0.120. The summed E-state index contributed by atoms with van der Waals surface area (Å²) >= 11 is 1.28. The zero-order valence-electron chi connectivity index (χ0n) is 18.1. The largest absolute Gasteiger partial charge is 0.340 e. The van der Waals surface area contributed by atoms with Crippen molar-refractivity contribution < 1.29 is 14.4 Å². The maximum absolute atomic E-state index is 13.0. The predicted molar refractivity (Wildman–Crippen MR) is 129 cm³/mol. The van der Waals surface area contributed by atoms with E-state index in [4.69, 9.17) is 0 Å². The van der Waals surface area contributed by atoms with Gasteiger partial charge in [-0.1, -0.05) is 54.1 Å². The molecule has 0 fully saturated rings. The number of nitrogens with one attached hydrogen (secondary N) is 3. The van der Waals surface area contributed by atoms with Gasteiger partial charge in [0.15, 0.2) is 0 Å². The third-order valence-corrected chi connectivity index (χ3v) is 5.96. The molecular formula is C25H22N4O3S. The molecule has 0 saturated carbocycles. The number of hydrazine groups is 1. The molecule has 166 valence electrons. The van der Waals surface area contributed by atoms with Gasteiger partial charge in [-0.15, -0.1) is 11.3 Å². The van der Waals surface area contributed by atoms with Crippen LogP contribution in [0.3, 0.4) is 0 Å². The van der Waals surface area contributed by atoms with Gasteiger partial charge in [0.25, 0.3) is 17.7 Å². The summed E-state index contributed by atoms with van der Waals surface area (Å²) in [5.41, 5.74) is 8.56. The molecule has 0 aliphatic carbocycles. The number of nitrogens with zero attached hydrogens (tertiary/aromatic N) is 1. The van der Waals surface area contributed by atoms with Crippen LogP contribution in [-0.4, -0.2) is 28.7 Å². The van der Waals surface area contributed by atoms with Crippen molar-refractivity contribution in [3.8, 4) is 11.3 Å². The van der Waals surface area contributed by atoms with Crippen LogP contribution in [0.5, 0.6) is 0 Å². The lowest BCUT2D eigenvalue weighted by molar-refractivity contribution is -0.123. The Labute approximate surface area is 194 Å². The van der Waals surface area contributed by atoms with Crippen molar-refractivity contribution >= 4 is 40.0 Å². The first kappa shape index (κ1) is 22.2. The van der Waals surface area contributed by atoms with E-state index in [0.29, 0.717) is 27.0 Å². The molecule has 0 radical (unpaired) electrons.